The molecule has 1 aliphatic rings. The zero-order valence-electron chi connectivity index (χ0n) is 9.05. The maximum Gasteiger partial charge on any atom is 0.309 e. The van der Waals surface area contributed by atoms with Crippen LogP contribution < -0.4 is 4.74 Å². The molecule has 0 bridgehead atoms. The Morgan fingerprint density at radius 2 is 2.06 bits per heavy atom. The molecular formula is C12H14O4. The van der Waals surface area contributed by atoms with E-state index in [1.165, 1.54) is 0 Å². The molecule has 0 amide bonds. The van der Waals surface area contributed by atoms with Gasteiger partial charge in [-0.3, -0.25) is 4.79 Å². The second-order valence-electron chi connectivity index (χ2n) is 3.86. The summed E-state index contributed by atoms with van der Waals surface area (Å²) in [6.45, 7) is 0.773. The SMILES string of the molecule is COc1ccc(C2COCC2C(=O)O)cc1. The highest BCUT2D eigenvalue weighted by Crippen LogP contribution is 2.31. The molecule has 1 N–H and O–H groups in total. The first-order valence-electron chi connectivity index (χ1n) is 5.17. The molecule has 1 fully saturated rings. The summed E-state index contributed by atoms with van der Waals surface area (Å²) in [7, 11) is 1.60. The van der Waals surface area contributed by atoms with Gasteiger partial charge in [0.2, 0.25) is 0 Å². The lowest BCUT2D eigenvalue weighted by molar-refractivity contribution is -0.142. The smallest absolute Gasteiger partial charge is 0.309 e. The number of hydrogen-bond donors (Lipinski definition) is 1. The van der Waals surface area contributed by atoms with Gasteiger partial charge in [0.05, 0.1) is 26.2 Å². The Morgan fingerprint density at radius 3 is 2.62 bits per heavy atom. The number of hydrogen-bond acceptors (Lipinski definition) is 3. The lowest BCUT2D eigenvalue weighted by Crippen LogP contribution is -2.20. The number of methoxy groups -OCH3 is 1. The number of carboxylic acids is 1. The predicted molar refractivity (Wildman–Crippen MR) is 57.7 cm³/mol. The van der Waals surface area contributed by atoms with Crippen molar-refractivity contribution in [2.45, 2.75) is 5.92 Å². The van der Waals surface area contributed by atoms with E-state index in [9.17, 15) is 4.79 Å². The lowest BCUT2D eigenvalue weighted by atomic mass is 9.89. The van der Waals surface area contributed by atoms with Gasteiger partial charge in [-0.2, -0.15) is 0 Å². The summed E-state index contributed by atoms with van der Waals surface area (Å²) in [6.07, 6.45) is 0. The molecule has 2 rings (SSSR count). The molecule has 2 unspecified atom stereocenters. The molecule has 86 valence electrons. The van der Waals surface area contributed by atoms with Crippen LogP contribution in [0.4, 0.5) is 0 Å². The number of aliphatic carboxylic acids is 1. The van der Waals surface area contributed by atoms with Gasteiger partial charge in [-0.25, -0.2) is 0 Å². The van der Waals surface area contributed by atoms with Gasteiger partial charge < -0.3 is 14.6 Å². The minimum Gasteiger partial charge on any atom is -0.497 e. The Kier molecular flexibility index (Phi) is 3.10. The van der Waals surface area contributed by atoms with Gasteiger partial charge in [-0.1, -0.05) is 12.1 Å². The molecule has 4 nitrogen and oxygen atoms in total. The fraction of sp³-hybridized carbons (Fsp3) is 0.417. The van der Waals surface area contributed by atoms with Gasteiger partial charge in [-0.15, -0.1) is 0 Å². The van der Waals surface area contributed by atoms with Crippen molar-refractivity contribution in [3.05, 3.63) is 29.8 Å². The van der Waals surface area contributed by atoms with E-state index in [1.807, 2.05) is 24.3 Å². The van der Waals surface area contributed by atoms with Crippen molar-refractivity contribution in [1.82, 2.24) is 0 Å². The third-order valence-electron chi connectivity index (χ3n) is 2.94. The summed E-state index contributed by atoms with van der Waals surface area (Å²) in [5.74, 6) is -0.510. The summed E-state index contributed by atoms with van der Waals surface area (Å²) < 4.78 is 10.3. The van der Waals surface area contributed by atoms with E-state index in [0.717, 1.165) is 11.3 Å². The zero-order chi connectivity index (χ0) is 11.5. The Morgan fingerprint density at radius 1 is 1.38 bits per heavy atom. The second-order valence-corrected chi connectivity index (χ2v) is 3.86. The average Bonchev–Trinajstić information content (AvgIpc) is 2.78. The number of ether oxygens (including phenoxy) is 2. The summed E-state index contributed by atoms with van der Waals surface area (Å²) in [5.41, 5.74) is 0.991. The molecule has 0 saturated carbocycles. The molecule has 4 heteroatoms. The molecule has 1 aromatic rings. The lowest BCUT2D eigenvalue weighted by Gasteiger charge is -2.14. The topological polar surface area (TPSA) is 55.8 Å². The van der Waals surface area contributed by atoms with Gasteiger partial charge in [0.15, 0.2) is 0 Å². The van der Waals surface area contributed by atoms with Crippen LogP contribution in [0.15, 0.2) is 24.3 Å². The summed E-state index contributed by atoms with van der Waals surface area (Å²) in [4.78, 5) is 11.0. The summed E-state index contributed by atoms with van der Waals surface area (Å²) in [6, 6.07) is 7.47. The highest BCUT2D eigenvalue weighted by atomic mass is 16.5. The highest BCUT2D eigenvalue weighted by molar-refractivity contribution is 5.72. The van der Waals surface area contributed by atoms with E-state index in [-0.39, 0.29) is 5.92 Å². The fourth-order valence-corrected chi connectivity index (χ4v) is 1.98. The van der Waals surface area contributed by atoms with E-state index >= 15 is 0 Å². The third-order valence-corrected chi connectivity index (χ3v) is 2.94. The van der Waals surface area contributed by atoms with Crippen molar-refractivity contribution in [1.29, 1.82) is 0 Å². The minimum absolute atomic E-state index is 0.0524. The van der Waals surface area contributed by atoms with Gasteiger partial charge >= 0.3 is 5.97 Å². The van der Waals surface area contributed by atoms with Gasteiger partial charge in [0, 0.05) is 5.92 Å². The van der Waals surface area contributed by atoms with Crippen LogP contribution >= 0.6 is 0 Å². The molecule has 0 spiro atoms. The van der Waals surface area contributed by atoms with Crippen LogP contribution in [0, 0.1) is 5.92 Å². The first-order valence-corrected chi connectivity index (χ1v) is 5.17. The Bertz CT molecular complexity index is 371. The van der Waals surface area contributed by atoms with Crippen molar-refractivity contribution < 1.29 is 19.4 Å². The highest BCUT2D eigenvalue weighted by Gasteiger charge is 2.34. The second kappa shape index (κ2) is 4.53. The van der Waals surface area contributed by atoms with E-state index < -0.39 is 11.9 Å². The minimum atomic E-state index is -0.793. The largest absolute Gasteiger partial charge is 0.497 e. The maximum absolute atomic E-state index is 11.0. The van der Waals surface area contributed by atoms with Crippen LogP contribution in [0.1, 0.15) is 11.5 Å². The Labute approximate surface area is 93.8 Å². The zero-order valence-corrected chi connectivity index (χ0v) is 9.05. The van der Waals surface area contributed by atoms with Crippen molar-refractivity contribution >= 4 is 5.97 Å². The molecule has 1 saturated heterocycles. The van der Waals surface area contributed by atoms with Crippen molar-refractivity contribution in [3.8, 4) is 5.75 Å². The monoisotopic (exact) mass is 222 g/mol. The van der Waals surface area contributed by atoms with Gasteiger partial charge in [0.1, 0.15) is 5.75 Å². The molecule has 0 aromatic heterocycles. The average molecular weight is 222 g/mol. The molecule has 2 atom stereocenters. The number of carboxylic acid groups (broad SMARTS) is 1. The molecule has 1 aliphatic heterocycles. The normalized spacial score (nSPS) is 24.3. The quantitative estimate of drug-likeness (QED) is 0.842. The van der Waals surface area contributed by atoms with Gasteiger partial charge in [-0.05, 0) is 17.7 Å². The van der Waals surface area contributed by atoms with Crippen LogP contribution in [0.5, 0.6) is 5.75 Å². The van der Waals surface area contributed by atoms with E-state index in [2.05, 4.69) is 0 Å². The molecule has 1 heterocycles. The van der Waals surface area contributed by atoms with Crippen LogP contribution in [0.3, 0.4) is 0 Å². The molecule has 16 heavy (non-hydrogen) atoms. The number of carbonyl (C=O) groups is 1. The maximum atomic E-state index is 11.0. The van der Waals surface area contributed by atoms with Crippen molar-refractivity contribution in [2.24, 2.45) is 5.92 Å². The van der Waals surface area contributed by atoms with E-state index in [4.69, 9.17) is 14.6 Å². The predicted octanol–water partition coefficient (Wildman–Crippen LogP) is 1.51. The van der Waals surface area contributed by atoms with Crippen LogP contribution in [-0.4, -0.2) is 31.4 Å². The van der Waals surface area contributed by atoms with Crippen molar-refractivity contribution in [3.63, 3.8) is 0 Å². The Hall–Kier alpha value is -1.55. The first-order chi connectivity index (χ1) is 7.72. The van der Waals surface area contributed by atoms with Crippen molar-refractivity contribution in [2.75, 3.05) is 20.3 Å². The third kappa shape index (κ3) is 2.02. The molecule has 0 radical (unpaired) electrons. The number of rotatable bonds is 3. The fourth-order valence-electron chi connectivity index (χ4n) is 1.98. The van der Waals surface area contributed by atoms with Crippen LogP contribution in [0.25, 0.3) is 0 Å². The van der Waals surface area contributed by atoms with E-state index in [0.29, 0.717) is 13.2 Å². The summed E-state index contributed by atoms with van der Waals surface area (Å²) >= 11 is 0. The van der Waals surface area contributed by atoms with E-state index in [1.54, 1.807) is 7.11 Å². The van der Waals surface area contributed by atoms with Crippen LogP contribution in [-0.2, 0) is 9.53 Å². The first kappa shape index (κ1) is 11.0. The van der Waals surface area contributed by atoms with Gasteiger partial charge in [0.25, 0.3) is 0 Å². The van der Waals surface area contributed by atoms with Crippen LogP contribution in [0.2, 0.25) is 0 Å². The standard InChI is InChI=1S/C12H14O4/c1-15-9-4-2-8(3-5-9)10-6-16-7-11(10)12(13)14/h2-5,10-11H,6-7H2,1H3,(H,13,14). The summed E-state index contributed by atoms with van der Waals surface area (Å²) in [5, 5.41) is 9.04. The number of benzene rings is 1. The molecule has 1 aromatic carbocycles. The Balaban J connectivity index is 2.19. The molecule has 0 aliphatic carbocycles. The molecular weight excluding hydrogens is 208 g/mol.